The van der Waals surface area contributed by atoms with Crippen LogP contribution in [0.1, 0.15) is 33.1 Å². The van der Waals surface area contributed by atoms with E-state index >= 15 is 0 Å². The first-order valence-electron chi connectivity index (χ1n) is 5.76. The molecule has 2 saturated heterocycles. The number of carbonyl (C=O) groups excluding carboxylic acids is 1. The molecule has 1 amide bonds. The molecule has 0 N–H and O–H groups in total. The molecular weight excluding hydrogens is 205 g/mol. The lowest BCUT2D eigenvalue weighted by Gasteiger charge is -2.22. The van der Waals surface area contributed by atoms with Crippen molar-refractivity contribution in [1.29, 1.82) is 0 Å². The standard InChI is InChI=1S/C11H17BNOS/c1-10-5-4-7-8(6-11(10,2)12-10)15-9(14)13(7)3/h7-8H,4-6H2,1-3H3. The van der Waals surface area contributed by atoms with Gasteiger partial charge in [-0.2, -0.15) is 0 Å². The van der Waals surface area contributed by atoms with Crippen LogP contribution in [0, 0.1) is 0 Å². The fraction of sp³-hybridized carbons (Fsp3) is 0.909. The van der Waals surface area contributed by atoms with E-state index in [1.807, 2.05) is 11.9 Å². The lowest BCUT2D eigenvalue weighted by molar-refractivity contribution is 0.217. The molecule has 1 saturated carbocycles. The highest BCUT2D eigenvalue weighted by molar-refractivity contribution is 8.14. The molecule has 0 aromatic carbocycles. The lowest BCUT2D eigenvalue weighted by Crippen LogP contribution is -2.33. The summed E-state index contributed by atoms with van der Waals surface area (Å²) >= 11 is 1.57. The van der Waals surface area contributed by atoms with E-state index in [4.69, 9.17) is 0 Å². The summed E-state index contributed by atoms with van der Waals surface area (Å²) in [6, 6.07) is 0.498. The molecule has 4 atom stereocenters. The molecule has 3 aliphatic rings. The highest BCUT2D eigenvalue weighted by Crippen LogP contribution is 2.75. The van der Waals surface area contributed by atoms with E-state index in [9.17, 15) is 4.79 Å². The van der Waals surface area contributed by atoms with Crippen molar-refractivity contribution in [3.63, 3.8) is 0 Å². The predicted octanol–water partition coefficient (Wildman–Crippen LogP) is 2.78. The summed E-state index contributed by atoms with van der Waals surface area (Å²) < 4.78 is 0. The van der Waals surface area contributed by atoms with Gasteiger partial charge in [0.15, 0.2) is 0 Å². The van der Waals surface area contributed by atoms with Crippen LogP contribution in [-0.2, 0) is 0 Å². The van der Waals surface area contributed by atoms with Gasteiger partial charge in [0.25, 0.3) is 5.24 Å². The van der Waals surface area contributed by atoms with Gasteiger partial charge >= 0.3 is 0 Å². The lowest BCUT2D eigenvalue weighted by atomic mass is 9.81. The molecule has 0 bridgehead atoms. The van der Waals surface area contributed by atoms with Gasteiger partial charge in [-0.25, -0.2) is 0 Å². The highest BCUT2D eigenvalue weighted by Gasteiger charge is 2.64. The first kappa shape index (κ1) is 10.1. The zero-order valence-corrected chi connectivity index (χ0v) is 10.4. The SMILES string of the molecule is CN1C(=O)SC2CC3(C)[B]C3(C)CCC21. The Morgan fingerprint density at radius 2 is 2.20 bits per heavy atom. The number of hydrogen-bond acceptors (Lipinski definition) is 2. The van der Waals surface area contributed by atoms with Crippen molar-refractivity contribution in [3.05, 3.63) is 0 Å². The molecule has 3 fully saturated rings. The first-order chi connectivity index (χ1) is 6.95. The molecule has 0 aromatic heterocycles. The summed E-state index contributed by atoms with van der Waals surface area (Å²) in [5.74, 6) is 0. The average molecular weight is 222 g/mol. The monoisotopic (exact) mass is 222 g/mol. The Labute approximate surface area is 96.4 Å². The van der Waals surface area contributed by atoms with E-state index in [0.717, 1.165) is 0 Å². The quantitative estimate of drug-likeness (QED) is 0.587. The van der Waals surface area contributed by atoms with E-state index in [1.54, 1.807) is 11.8 Å². The van der Waals surface area contributed by atoms with Crippen LogP contribution in [-0.4, -0.2) is 35.8 Å². The van der Waals surface area contributed by atoms with Crippen molar-refractivity contribution >= 4 is 24.3 Å². The second-order valence-electron chi connectivity index (χ2n) is 5.82. The Balaban J connectivity index is 1.85. The van der Waals surface area contributed by atoms with Crippen LogP contribution in [0.15, 0.2) is 0 Å². The number of fused-ring (bicyclic) bond motifs is 2. The second-order valence-corrected chi connectivity index (χ2v) is 7.01. The molecule has 0 aromatic rings. The number of rotatable bonds is 0. The molecule has 4 heteroatoms. The zero-order valence-electron chi connectivity index (χ0n) is 9.62. The first-order valence-corrected chi connectivity index (χ1v) is 6.64. The molecular formula is C11H17BNOS. The van der Waals surface area contributed by atoms with Crippen LogP contribution in [0.2, 0.25) is 10.6 Å². The van der Waals surface area contributed by atoms with Gasteiger partial charge in [0.05, 0.1) is 0 Å². The summed E-state index contributed by atoms with van der Waals surface area (Å²) in [6.45, 7) is 4.74. The van der Waals surface area contributed by atoms with E-state index in [0.29, 0.717) is 21.9 Å². The fourth-order valence-electron chi connectivity index (χ4n) is 3.42. The highest BCUT2D eigenvalue weighted by atomic mass is 32.2. The minimum atomic E-state index is 0.276. The number of nitrogens with zero attached hydrogens (tertiary/aromatic N) is 1. The minimum Gasteiger partial charge on any atom is -0.333 e. The van der Waals surface area contributed by atoms with Gasteiger partial charge in [-0.15, -0.1) is 0 Å². The normalized spacial score (nSPS) is 53.0. The maximum atomic E-state index is 11.6. The predicted molar refractivity (Wildman–Crippen MR) is 64.7 cm³/mol. The molecule has 0 spiro atoms. The van der Waals surface area contributed by atoms with Crippen molar-refractivity contribution in [2.75, 3.05) is 7.05 Å². The summed E-state index contributed by atoms with van der Waals surface area (Å²) in [7, 11) is 4.46. The van der Waals surface area contributed by atoms with Gasteiger partial charge in [0, 0.05) is 18.3 Å². The Hall–Kier alpha value is -0.115. The van der Waals surface area contributed by atoms with Gasteiger partial charge < -0.3 is 4.90 Å². The largest absolute Gasteiger partial charge is 0.333 e. The summed E-state index contributed by atoms with van der Waals surface area (Å²) in [4.78, 5) is 13.6. The molecule has 2 heterocycles. The second kappa shape index (κ2) is 2.76. The molecule has 2 nitrogen and oxygen atoms in total. The van der Waals surface area contributed by atoms with E-state index in [1.165, 1.54) is 19.3 Å². The van der Waals surface area contributed by atoms with Crippen LogP contribution >= 0.6 is 11.8 Å². The maximum absolute atomic E-state index is 11.6. The topological polar surface area (TPSA) is 20.3 Å². The van der Waals surface area contributed by atoms with Crippen molar-refractivity contribution in [1.82, 2.24) is 4.90 Å². The van der Waals surface area contributed by atoms with Crippen molar-refractivity contribution in [2.45, 2.75) is 55.0 Å². The Morgan fingerprint density at radius 3 is 2.93 bits per heavy atom. The van der Waals surface area contributed by atoms with E-state index < -0.39 is 0 Å². The van der Waals surface area contributed by atoms with Crippen LogP contribution in [0.3, 0.4) is 0 Å². The Bertz CT molecular complexity index is 337. The summed E-state index contributed by atoms with van der Waals surface area (Å²) in [5, 5.41) is 1.68. The molecule has 4 unspecified atom stereocenters. The molecule has 3 rings (SSSR count). The number of thioether (sulfide) groups is 1. The number of amides is 1. The number of hydrogen-bond donors (Lipinski definition) is 0. The smallest absolute Gasteiger partial charge is 0.282 e. The van der Waals surface area contributed by atoms with Crippen molar-refractivity contribution < 1.29 is 4.79 Å². The molecule has 81 valence electrons. The van der Waals surface area contributed by atoms with Crippen molar-refractivity contribution in [2.24, 2.45) is 0 Å². The summed E-state index contributed by atoms with van der Waals surface area (Å²) in [5.41, 5.74) is 0. The number of carbonyl (C=O) groups is 1. The summed E-state index contributed by atoms with van der Waals surface area (Å²) in [6.07, 6.45) is 3.63. The van der Waals surface area contributed by atoms with Gasteiger partial charge in [0.2, 0.25) is 0 Å². The van der Waals surface area contributed by atoms with Crippen LogP contribution in [0.4, 0.5) is 4.79 Å². The van der Waals surface area contributed by atoms with E-state index in [2.05, 4.69) is 21.1 Å². The van der Waals surface area contributed by atoms with Gasteiger partial charge in [-0.3, -0.25) is 4.79 Å². The third kappa shape index (κ3) is 1.23. The van der Waals surface area contributed by atoms with Crippen LogP contribution in [0.25, 0.3) is 0 Å². The average Bonchev–Trinajstić information content (AvgIpc) is 2.58. The Kier molecular flexibility index (Phi) is 1.85. The van der Waals surface area contributed by atoms with Crippen LogP contribution < -0.4 is 0 Å². The van der Waals surface area contributed by atoms with Gasteiger partial charge in [-0.1, -0.05) is 42.7 Å². The third-order valence-corrected chi connectivity index (χ3v) is 6.18. The molecule has 2 aliphatic heterocycles. The molecule has 1 aliphatic carbocycles. The molecule has 15 heavy (non-hydrogen) atoms. The van der Waals surface area contributed by atoms with E-state index in [-0.39, 0.29) is 5.24 Å². The zero-order chi connectivity index (χ0) is 10.8. The Morgan fingerprint density at radius 1 is 1.47 bits per heavy atom. The minimum absolute atomic E-state index is 0.276. The fourth-order valence-corrected chi connectivity index (χ4v) is 4.88. The molecule has 1 radical (unpaired) electrons. The van der Waals surface area contributed by atoms with Gasteiger partial charge in [-0.05, 0) is 12.8 Å². The van der Waals surface area contributed by atoms with Gasteiger partial charge in [0.1, 0.15) is 7.28 Å². The van der Waals surface area contributed by atoms with Crippen molar-refractivity contribution in [3.8, 4) is 0 Å². The van der Waals surface area contributed by atoms with Crippen LogP contribution in [0.5, 0.6) is 0 Å². The maximum Gasteiger partial charge on any atom is 0.282 e. The third-order valence-electron chi connectivity index (χ3n) is 4.91.